The molecule has 0 unspecified atom stereocenters. The van der Waals surface area contributed by atoms with Gasteiger partial charge >= 0.3 is 0 Å². The quantitative estimate of drug-likeness (QED) is 0.623. The molecule has 0 radical (unpaired) electrons. The minimum absolute atomic E-state index is 0.109. The smallest absolute Gasteiger partial charge is 0.282 e. The number of anilines is 1. The Bertz CT molecular complexity index is 548. The van der Waals surface area contributed by atoms with E-state index in [4.69, 9.17) is 0 Å². The van der Waals surface area contributed by atoms with Crippen LogP contribution in [0.5, 0.6) is 0 Å². The summed E-state index contributed by atoms with van der Waals surface area (Å²) in [5.41, 5.74) is 0.813. The van der Waals surface area contributed by atoms with Crippen LogP contribution >= 0.6 is 0 Å². The standard InChI is InChI=1S/C15H21N3O3/c1-3-15(7-4-8-15)10-17-14(19)12-9-11(16-2)5-6-13(12)18(20)21/h5-6,9,16H,3-4,7-8,10H2,1-2H3,(H,17,19). The summed E-state index contributed by atoms with van der Waals surface area (Å²) < 4.78 is 0. The van der Waals surface area contributed by atoms with Crippen LogP contribution in [0.1, 0.15) is 43.0 Å². The van der Waals surface area contributed by atoms with Crippen molar-refractivity contribution in [3.8, 4) is 0 Å². The molecule has 114 valence electrons. The van der Waals surface area contributed by atoms with E-state index >= 15 is 0 Å². The van der Waals surface area contributed by atoms with Crippen LogP contribution in [0.25, 0.3) is 0 Å². The van der Waals surface area contributed by atoms with Crippen molar-refractivity contribution in [2.45, 2.75) is 32.6 Å². The molecule has 1 aliphatic rings. The summed E-state index contributed by atoms with van der Waals surface area (Å²) in [6.07, 6.45) is 4.44. The molecule has 0 aliphatic heterocycles. The van der Waals surface area contributed by atoms with Gasteiger partial charge in [0.1, 0.15) is 5.56 Å². The molecule has 0 heterocycles. The molecule has 6 heteroatoms. The lowest BCUT2D eigenvalue weighted by molar-refractivity contribution is -0.385. The van der Waals surface area contributed by atoms with Crippen molar-refractivity contribution < 1.29 is 9.72 Å². The first-order valence-corrected chi connectivity index (χ1v) is 7.26. The molecule has 1 fully saturated rings. The first-order chi connectivity index (χ1) is 10.0. The van der Waals surface area contributed by atoms with E-state index in [0.717, 1.165) is 19.3 Å². The number of benzene rings is 1. The average Bonchev–Trinajstić information content (AvgIpc) is 2.45. The van der Waals surface area contributed by atoms with Crippen LogP contribution in [-0.2, 0) is 0 Å². The third-order valence-corrected chi connectivity index (χ3v) is 4.51. The SMILES string of the molecule is CCC1(CNC(=O)c2cc(NC)ccc2[N+](=O)[O-])CCC1. The van der Waals surface area contributed by atoms with Gasteiger partial charge in [0, 0.05) is 25.3 Å². The molecule has 0 saturated heterocycles. The average molecular weight is 291 g/mol. The van der Waals surface area contributed by atoms with Gasteiger partial charge in [0.05, 0.1) is 4.92 Å². The van der Waals surface area contributed by atoms with Gasteiger partial charge in [0.2, 0.25) is 0 Å². The summed E-state index contributed by atoms with van der Waals surface area (Å²) >= 11 is 0. The van der Waals surface area contributed by atoms with Crippen LogP contribution in [-0.4, -0.2) is 24.4 Å². The molecule has 1 aromatic carbocycles. The molecule has 0 atom stereocenters. The van der Waals surface area contributed by atoms with Crippen molar-refractivity contribution in [3.05, 3.63) is 33.9 Å². The predicted molar refractivity (Wildman–Crippen MR) is 81.6 cm³/mol. The van der Waals surface area contributed by atoms with E-state index in [1.807, 2.05) is 0 Å². The molecule has 2 rings (SSSR count). The Kier molecular flexibility index (Phi) is 4.45. The fourth-order valence-electron chi connectivity index (χ4n) is 2.73. The maximum Gasteiger partial charge on any atom is 0.282 e. The number of hydrogen-bond acceptors (Lipinski definition) is 4. The Morgan fingerprint density at radius 2 is 2.14 bits per heavy atom. The summed E-state index contributed by atoms with van der Waals surface area (Å²) in [7, 11) is 1.71. The monoisotopic (exact) mass is 291 g/mol. The Hall–Kier alpha value is -2.11. The van der Waals surface area contributed by atoms with Crippen LogP contribution in [0, 0.1) is 15.5 Å². The topological polar surface area (TPSA) is 84.3 Å². The normalized spacial score (nSPS) is 15.9. The minimum Gasteiger partial charge on any atom is -0.388 e. The van der Waals surface area contributed by atoms with E-state index in [9.17, 15) is 14.9 Å². The van der Waals surface area contributed by atoms with Gasteiger partial charge in [-0.05, 0) is 36.8 Å². The Labute approximate surface area is 124 Å². The highest BCUT2D eigenvalue weighted by Gasteiger charge is 2.35. The molecular formula is C15H21N3O3. The molecule has 0 spiro atoms. The summed E-state index contributed by atoms with van der Waals surface area (Å²) in [6.45, 7) is 2.71. The van der Waals surface area contributed by atoms with Crippen LogP contribution < -0.4 is 10.6 Å². The van der Waals surface area contributed by atoms with E-state index in [1.165, 1.54) is 18.6 Å². The van der Waals surface area contributed by atoms with Crippen LogP contribution in [0.2, 0.25) is 0 Å². The number of hydrogen-bond donors (Lipinski definition) is 2. The molecule has 0 bridgehead atoms. The predicted octanol–water partition coefficient (Wildman–Crippen LogP) is 2.95. The lowest BCUT2D eigenvalue weighted by atomic mass is 9.67. The van der Waals surface area contributed by atoms with Gasteiger partial charge < -0.3 is 10.6 Å². The maximum atomic E-state index is 12.3. The highest BCUT2D eigenvalue weighted by Crippen LogP contribution is 2.43. The summed E-state index contributed by atoms with van der Waals surface area (Å²) in [5, 5.41) is 16.8. The van der Waals surface area contributed by atoms with Gasteiger partial charge in [-0.2, -0.15) is 0 Å². The van der Waals surface area contributed by atoms with Gasteiger partial charge in [-0.15, -0.1) is 0 Å². The first-order valence-electron chi connectivity index (χ1n) is 7.26. The molecule has 1 saturated carbocycles. The Morgan fingerprint density at radius 3 is 2.62 bits per heavy atom. The Balaban J connectivity index is 2.15. The second-order valence-corrected chi connectivity index (χ2v) is 5.63. The fraction of sp³-hybridized carbons (Fsp3) is 0.533. The molecule has 1 aromatic rings. The second-order valence-electron chi connectivity index (χ2n) is 5.63. The van der Waals surface area contributed by atoms with E-state index in [-0.39, 0.29) is 22.6 Å². The Morgan fingerprint density at radius 1 is 1.43 bits per heavy atom. The van der Waals surface area contributed by atoms with Gasteiger partial charge in [-0.3, -0.25) is 14.9 Å². The highest BCUT2D eigenvalue weighted by atomic mass is 16.6. The molecule has 0 aromatic heterocycles. The molecule has 6 nitrogen and oxygen atoms in total. The number of nitro benzene ring substituents is 1. The summed E-state index contributed by atoms with van der Waals surface area (Å²) in [4.78, 5) is 22.8. The van der Waals surface area contributed by atoms with Crippen molar-refractivity contribution in [1.82, 2.24) is 5.32 Å². The molecule has 1 amide bonds. The van der Waals surface area contributed by atoms with Crippen LogP contribution in [0.4, 0.5) is 11.4 Å². The number of carbonyl (C=O) groups is 1. The number of carbonyl (C=O) groups excluding carboxylic acids is 1. The van der Waals surface area contributed by atoms with Crippen molar-refractivity contribution in [1.29, 1.82) is 0 Å². The number of rotatable bonds is 6. The van der Waals surface area contributed by atoms with E-state index in [2.05, 4.69) is 17.6 Å². The largest absolute Gasteiger partial charge is 0.388 e. The number of nitrogens with zero attached hydrogens (tertiary/aromatic N) is 1. The van der Waals surface area contributed by atoms with Crippen molar-refractivity contribution >= 4 is 17.3 Å². The zero-order valence-electron chi connectivity index (χ0n) is 12.4. The van der Waals surface area contributed by atoms with E-state index in [1.54, 1.807) is 13.1 Å². The van der Waals surface area contributed by atoms with Crippen LogP contribution in [0.15, 0.2) is 18.2 Å². The van der Waals surface area contributed by atoms with Crippen molar-refractivity contribution in [2.75, 3.05) is 18.9 Å². The number of nitrogens with one attached hydrogen (secondary N) is 2. The number of nitro groups is 1. The third kappa shape index (κ3) is 3.15. The maximum absolute atomic E-state index is 12.3. The molecular weight excluding hydrogens is 270 g/mol. The zero-order valence-corrected chi connectivity index (χ0v) is 12.4. The zero-order chi connectivity index (χ0) is 15.5. The van der Waals surface area contributed by atoms with Gasteiger partial charge in [-0.1, -0.05) is 13.3 Å². The van der Waals surface area contributed by atoms with Gasteiger partial charge in [0.25, 0.3) is 11.6 Å². The van der Waals surface area contributed by atoms with Gasteiger partial charge in [0.15, 0.2) is 0 Å². The van der Waals surface area contributed by atoms with E-state index < -0.39 is 4.92 Å². The minimum atomic E-state index is -0.521. The first kappa shape index (κ1) is 15.3. The summed E-state index contributed by atoms with van der Waals surface area (Å²) in [5.74, 6) is -0.376. The lowest BCUT2D eigenvalue weighted by Crippen LogP contribution is -2.41. The number of amides is 1. The molecule has 2 N–H and O–H groups in total. The van der Waals surface area contributed by atoms with Crippen LogP contribution in [0.3, 0.4) is 0 Å². The third-order valence-electron chi connectivity index (χ3n) is 4.51. The fourth-order valence-corrected chi connectivity index (χ4v) is 2.73. The second kappa shape index (κ2) is 6.11. The summed E-state index contributed by atoms with van der Waals surface area (Å²) in [6, 6.07) is 4.47. The highest BCUT2D eigenvalue weighted by molar-refractivity contribution is 5.99. The lowest BCUT2D eigenvalue weighted by Gasteiger charge is -2.41. The van der Waals surface area contributed by atoms with Crippen molar-refractivity contribution in [2.24, 2.45) is 5.41 Å². The van der Waals surface area contributed by atoms with Gasteiger partial charge in [-0.25, -0.2) is 0 Å². The van der Waals surface area contributed by atoms with Crippen molar-refractivity contribution in [3.63, 3.8) is 0 Å². The molecule has 1 aliphatic carbocycles. The van der Waals surface area contributed by atoms with E-state index in [0.29, 0.717) is 12.2 Å². The molecule has 21 heavy (non-hydrogen) atoms.